The lowest BCUT2D eigenvalue weighted by atomic mass is 10.1. The van der Waals surface area contributed by atoms with Crippen LogP contribution in [-0.2, 0) is 13.1 Å². The minimum absolute atomic E-state index is 0.116. The predicted octanol–water partition coefficient (Wildman–Crippen LogP) is 9.30. The Kier molecular flexibility index (Phi) is 10.1. The first-order valence-electron chi connectivity index (χ1n) is 13.9. The first-order valence-corrected chi connectivity index (χ1v) is 15.4. The van der Waals surface area contributed by atoms with E-state index < -0.39 is 0 Å². The van der Waals surface area contributed by atoms with Crippen LogP contribution in [0.4, 0.5) is 0 Å². The van der Waals surface area contributed by atoms with Crippen LogP contribution in [-0.4, -0.2) is 41.5 Å². The number of carbonyl (C=O) groups is 1. The molecule has 1 aromatic heterocycles. The second kappa shape index (κ2) is 13.3. The van der Waals surface area contributed by atoms with E-state index in [1.54, 1.807) is 11.3 Å². The molecule has 3 aromatic carbocycles. The molecule has 0 saturated carbocycles. The van der Waals surface area contributed by atoms with Gasteiger partial charge in [-0.3, -0.25) is 4.79 Å². The summed E-state index contributed by atoms with van der Waals surface area (Å²) in [5, 5.41) is 2.60. The number of amides is 1. The van der Waals surface area contributed by atoms with E-state index in [0.717, 1.165) is 80.6 Å². The molecule has 0 aliphatic rings. The lowest BCUT2D eigenvalue weighted by Gasteiger charge is -2.37. The monoisotopic (exact) mass is 581 g/mol. The Morgan fingerprint density at radius 2 is 1.54 bits per heavy atom. The molecule has 0 bridgehead atoms. The summed E-state index contributed by atoms with van der Waals surface area (Å²) < 4.78 is 2.07. The van der Waals surface area contributed by atoms with Gasteiger partial charge in [0.2, 0.25) is 0 Å². The van der Waals surface area contributed by atoms with Crippen molar-refractivity contribution >= 4 is 50.5 Å². The topological polar surface area (TPSA) is 20.3 Å². The molecule has 39 heavy (non-hydrogen) atoms. The molecule has 6 heteroatoms. The number of hydrogen-bond acceptors (Lipinski definition) is 2. The van der Waals surface area contributed by atoms with Gasteiger partial charge in [0.15, 0.2) is 0 Å². The van der Waals surface area contributed by atoms with Crippen molar-refractivity contribution in [3.05, 3.63) is 104 Å². The molecule has 0 saturated heterocycles. The number of fused-ring (bicyclic) bond motifs is 1. The zero-order valence-corrected chi connectivity index (χ0v) is 25.8. The van der Waals surface area contributed by atoms with Gasteiger partial charge in [-0.05, 0) is 75.8 Å². The molecule has 0 aliphatic carbocycles. The minimum Gasteiger partial charge on any atom is -0.334 e. The number of thiophene rings is 1. The molecule has 0 atom stereocenters. The summed E-state index contributed by atoms with van der Waals surface area (Å²) >= 11 is 14.7. The van der Waals surface area contributed by atoms with Crippen LogP contribution in [0.15, 0.2) is 66.7 Å². The Morgan fingerprint density at radius 3 is 2.18 bits per heavy atom. The Balaban J connectivity index is 1.49. The van der Waals surface area contributed by atoms with Crippen molar-refractivity contribution in [3.63, 3.8) is 0 Å². The fourth-order valence-corrected chi connectivity index (χ4v) is 7.03. The lowest BCUT2D eigenvalue weighted by molar-refractivity contribution is -0.937. The maximum absolute atomic E-state index is 13.8. The van der Waals surface area contributed by atoms with Crippen LogP contribution in [0.2, 0.25) is 10.0 Å². The summed E-state index contributed by atoms with van der Waals surface area (Å²) in [5.41, 5.74) is 4.67. The molecule has 3 nitrogen and oxygen atoms in total. The van der Waals surface area contributed by atoms with Gasteiger partial charge in [0, 0.05) is 23.4 Å². The van der Waals surface area contributed by atoms with E-state index in [1.807, 2.05) is 41.3 Å². The zero-order chi connectivity index (χ0) is 28.0. The average Bonchev–Trinajstić information content (AvgIpc) is 3.35. The third kappa shape index (κ3) is 7.43. The Hall–Kier alpha value is -2.37. The second-order valence-corrected chi connectivity index (χ2v) is 12.5. The van der Waals surface area contributed by atoms with Gasteiger partial charge < -0.3 is 9.38 Å². The third-order valence-electron chi connectivity index (χ3n) is 7.79. The number of unbranched alkanes of at least 4 members (excludes halogenated alkanes) is 1. The van der Waals surface area contributed by atoms with Crippen LogP contribution in [0, 0.1) is 13.8 Å². The normalized spacial score (nSPS) is 11.7. The standard InChI is InChI=1S/C33H39Cl2N2OS/c1-5-37(6-2,23-28-29(34)13-11-14-30(28)35)17-10-9-16-36(22-26-19-24(3)18-25(4)20-26)33(38)32-21-27-12-7-8-15-31(27)39-32/h7-8,11-15,18-21H,5-6,9-10,16-17,22-23H2,1-4H3/q+1. The number of hydrogen-bond donors (Lipinski definition) is 0. The highest BCUT2D eigenvalue weighted by Crippen LogP contribution is 2.30. The van der Waals surface area contributed by atoms with Gasteiger partial charge in [0.1, 0.15) is 6.54 Å². The van der Waals surface area contributed by atoms with Gasteiger partial charge in [-0.1, -0.05) is 76.8 Å². The Bertz CT molecular complexity index is 1350. The largest absolute Gasteiger partial charge is 0.334 e. The zero-order valence-electron chi connectivity index (χ0n) is 23.5. The number of nitrogens with zero attached hydrogens (tertiary/aromatic N) is 2. The summed E-state index contributed by atoms with van der Waals surface area (Å²) in [4.78, 5) is 16.7. The average molecular weight is 583 g/mol. The maximum atomic E-state index is 13.8. The van der Waals surface area contributed by atoms with Crippen LogP contribution in [0.25, 0.3) is 10.1 Å². The lowest BCUT2D eigenvalue weighted by Crippen LogP contribution is -2.48. The Morgan fingerprint density at radius 1 is 0.872 bits per heavy atom. The van der Waals surface area contributed by atoms with Crippen molar-refractivity contribution in [2.75, 3.05) is 26.2 Å². The summed E-state index contributed by atoms with van der Waals surface area (Å²) in [6.07, 6.45) is 1.96. The van der Waals surface area contributed by atoms with Crippen molar-refractivity contribution in [2.24, 2.45) is 0 Å². The van der Waals surface area contributed by atoms with Crippen molar-refractivity contribution in [1.29, 1.82) is 0 Å². The molecule has 4 rings (SSSR count). The molecule has 4 aromatic rings. The smallest absolute Gasteiger partial charge is 0.264 e. The van der Waals surface area contributed by atoms with Gasteiger partial charge in [-0.15, -0.1) is 11.3 Å². The highest BCUT2D eigenvalue weighted by Gasteiger charge is 2.26. The van der Waals surface area contributed by atoms with Crippen molar-refractivity contribution in [3.8, 4) is 0 Å². The first kappa shape index (κ1) is 29.6. The number of aryl methyl sites for hydroxylation is 2. The molecule has 0 radical (unpaired) electrons. The molecule has 0 aliphatic heterocycles. The van der Waals surface area contributed by atoms with Crippen molar-refractivity contribution in [2.45, 2.75) is 53.6 Å². The van der Waals surface area contributed by atoms with Gasteiger partial charge in [0.25, 0.3) is 5.91 Å². The van der Waals surface area contributed by atoms with E-state index in [4.69, 9.17) is 23.2 Å². The summed E-state index contributed by atoms with van der Waals surface area (Å²) in [7, 11) is 0. The van der Waals surface area contributed by atoms with Gasteiger partial charge in [-0.25, -0.2) is 0 Å². The quantitative estimate of drug-likeness (QED) is 0.120. The number of benzene rings is 3. The number of quaternary nitrogens is 1. The van der Waals surface area contributed by atoms with Crippen LogP contribution in [0.3, 0.4) is 0 Å². The summed E-state index contributed by atoms with van der Waals surface area (Å²) in [6, 6.07) is 22.6. The highest BCUT2D eigenvalue weighted by atomic mass is 35.5. The Labute approximate surface area is 247 Å². The number of carbonyl (C=O) groups excluding carboxylic acids is 1. The maximum Gasteiger partial charge on any atom is 0.264 e. The van der Waals surface area contributed by atoms with Gasteiger partial charge in [-0.2, -0.15) is 0 Å². The SMILES string of the molecule is CC[N+](CC)(CCCCN(Cc1cc(C)cc(C)c1)C(=O)c1cc2ccccc2s1)Cc1c(Cl)cccc1Cl. The van der Waals surface area contributed by atoms with Gasteiger partial charge in [0.05, 0.1) is 34.6 Å². The summed E-state index contributed by atoms with van der Waals surface area (Å²) in [5.74, 6) is 0.116. The molecule has 0 spiro atoms. The van der Waals surface area contributed by atoms with E-state index in [9.17, 15) is 4.79 Å². The fraction of sp³-hybridized carbons (Fsp3) is 0.364. The van der Waals surface area contributed by atoms with E-state index >= 15 is 0 Å². The van der Waals surface area contributed by atoms with E-state index in [1.165, 1.54) is 16.7 Å². The van der Waals surface area contributed by atoms with Crippen LogP contribution < -0.4 is 0 Å². The number of halogens is 2. The molecular formula is C33H39Cl2N2OS+. The third-order valence-corrected chi connectivity index (χ3v) is 9.60. The van der Waals surface area contributed by atoms with Crippen LogP contribution in [0.1, 0.15) is 58.6 Å². The van der Waals surface area contributed by atoms with Gasteiger partial charge >= 0.3 is 0 Å². The molecule has 0 fully saturated rings. The van der Waals surface area contributed by atoms with Crippen LogP contribution in [0.5, 0.6) is 0 Å². The molecule has 0 N–H and O–H groups in total. The second-order valence-electron chi connectivity index (χ2n) is 10.6. The summed E-state index contributed by atoms with van der Waals surface area (Å²) in [6.45, 7) is 13.9. The van der Waals surface area contributed by atoms with E-state index in [0.29, 0.717) is 6.54 Å². The van der Waals surface area contributed by atoms with E-state index in [-0.39, 0.29) is 5.91 Å². The number of rotatable bonds is 12. The molecule has 1 amide bonds. The predicted molar refractivity (Wildman–Crippen MR) is 168 cm³/mol. The first-order chi connectivity index (χ1) is 18.7. The molecule has 1 heterocycles. The molecule has 206 valence electrons. The highest BCUT2D eigenvalue weighted by molar-refractivity contribution is 7.20. The van der Waals surface area contributed by atoms with Crippen molar-refractivity contribution < 1.29 is 9.28 Å². The molecule has 0 unspecified atom stereocenters. The van der Waals surface area contributed by atoms with Crippen LogP contribution >= 0.6 is 34.5 Å². The minimum atomic E-state index is 0.116. The fourth-order valence-electron chi connectivity index (χ4n) is 5.49. The van der Waals surface area contributed by atoms with Crippen molar-refractivity contribution in [1.82, 2.24) is 4.90 Å². The van der Waals surface area contributed by atoms with E-state index in [2.05, 4.69) is 58.0 Å². The molecular weight excluding hydrogens is 543 g/mol.